The average Bonchev–Trinajstić information content (AvgIpc) is 3.22. The van der Waals surface area contributed by atoms with E-state index in [1.165, 1.54) is 0 Å². The molecule has 0 aliphatic rings. The quantitative estimate of drug-likeness (QED) is 0.534. The maximum Gasteiger partial charge on any atom is 0.234 e. The third-order valence-corrected chi connectivity index (χ3v) is 5.01. The van der Waals surface area contributed by atoms with Gasteiger partial charge in [0, 0.05) is 11.6 Å². The second-order valence-corrected chi connectivity index (χ2v) is 7.38. The van der Waals surface area contributed by atoms with Crippen LogP contribution in [-0.2, 0) is 24.4 Å². The van der Waals surface area contributed by atoms with Crippen LogP contribution in [0.3, 0.4) is 0 Å². The van der Waals surface area contributed by atoms with Crippen molar-refractivity contribution in [3.05, 3.63) is 88.8 Å². The summed E-state index contributed by atoms with van der Waals surface area (Å²) in [5.41, 5.74) is 7.66. The fourth-order valence-electron chi connectivity index (χ4n) is 3.05. The van der Waals surface area contributed by atoms with E-state index in [9.17, 15) is 4.79 Å². The van der Waals surface area contributed by atoms with E-state index >= 15 is 0 Å². The molecule has 0 aliphatic heterocycles. The number of furan rings is 1. The molecule has 3 rings (SSSR count). The lowest BCUT2D eigenvalue weighted by Crippen LogP contribution is -2.43. The Morgan fingerprint density at radius 2 is 1.93 bits per heavy atom. The van der Waals surface area contributed by atoms with E-state index < -0.39 is 0 Å². The van der Waals surface area contributed by atoms with Crippen molar-refractivity contribution in [2.75, 3.05) is 6.54 Å². The summed E-state index contributed by atoms with van der Waals surface area (Å²) in [5.74, 6) is 1.25. The predicted octanol–water partition coefficient (Wildman–Crippen LogP) is 4.43. The molecule has 0 bridgehead atoms. The van der Waals surface area contributed by atoms with Crippen molar-refractivity contribution in [2.45, 2.75) is 32.5 Å². The molecule has 0 saturated carbocycles. The second kappa shape index (κ2) is 10.1. The minimum absolute atomic E-state index is 0.352. The fourth-order valence-corrected chi connectivity index (χ4v) is 3.26. The zero-order valence-corrected chi connectivity index (χ0v) is 17.1. The molecule has 5 nitrogen and oxygen atoms in total. The van der Waals surface area contributed by atoms with Gasteiger partial charge in [-0.2, -0.15) is 0 Å². The highest BCUT2D eigenvalue weighted by Crippen LogP contribution is 2.18. The molecule has 2 aromatic carbocycles. The van der Waals surface area contributed by atoms with Crippen molar-refractivity contribution in [1.82, 2.24) is 4.90 Å². The van der Waals surface area contributed by atoms with Crippen molar-refractivity contribution in [3.63, 3.8) is 0 Å². The van der Waals surface area contributed by atoms with Gasteiger partial charge in [0.05, 0.1) is 18.8 Å². The summed E-state index contributed by atoms with van der Waals surface area (Å²) >= 11 is 6.02. The first-order chi connectivity index (χ1) is 14.0. The van der Waals surface area contributed by atoms with Gasteiger partial charge in [-0.25, -0.2) is 0 Å². The first kappa shape index (κ1) is 21.0. The van der Waals surface area contributed by atoms with Gasteiger partial charge in [0.1, 0.15) is 18.1 Å². The Labute approximate surface area is 176 Å². The van der Waals surface area contributed by atoms with E-state index in [0.29, 0.717) is 24.7 Å². The summed E-state index contributed by atoms with van der Waals surface area (Å²) in [6.45, 7) is 3.47. The number of primary amides is 1. The van der Waals surface area contributed by atoms with E-state index in [4.69, 9.17) is 26.5 Å². The minimum Gasteiger partial charge on any atom is -0.489 e. The van der Waals surface area contributed by atoms with Crippen LogP contribution in [0.15, 0.2) is 71.3 Å². The Morgan fingerprint density at radius 3 is 2.66 bits per heavy atom. The van der Waals surface area contributed by atoms with E-state index in [2.05, 4.69) is 0 Å². The highest BCUT2D eigenvalue weighted by Gasteiger charge is 2.20. The molecule has 0 aliphatic carbocycles. The lowest BCUT2D eigenvalue weighted by atomic mass is 10.1. The largest absolute Gasteiger partial charge is 0.489 e. The number of rotatable bonds is 10. The van der Waals surface area contributed by atoms with Gasteiger partial charge in [-0.15, -0.1) is 0 Å². The van der Waals surface area contributed by atoms with Gasteiger partial charge < -0.3 is 14.9 Å². The first-order valence-electron chi connectivity index (χ1n) is 9.53. The van der Waals surface area contributed by atoms with E-state index in [1.54, 1.807) is 6.26 Å². The molecule has 0 spiro atoms. The second-order valence-electron chi connectivity index (χ2n) is 6.94. The summed E-state index contributed by atoms with van der Waals surface area (Å²) in [4.78, 5) is 13.7. The number of hydrogen-bond acceptors (Lipinski definition) is 4. The highest BCUT2D eigenvalue weighted by molar-refractivity contribution is 6.30. The molecule has 0 fully saturated rings. The van der Waals surface area contributed by atoms with Crippen LogP contribution in [0.4, 0.5) is 0 Å². The number of nitrogens with two attached hydrogens (primary N) is 1. The number of benzene rings is 2. The molecule has 1 amide bonds. The molecule has 0 radical (unpaired) electrons. The molecule has 2 N–H and O–H groups in total. The van der Waals surface area contributed by atoms with E-state index in [-0.39, 0.29) is 11.9 Å². The number of amides is 1. The summed E-state index contributed by atoms with van der Waals surface area (Å²) in [7, 11) is 0. The standard InChI is InChI=1S/C23H25ClN2O3/c1-17(23(25)27)26(15-22-9-4-12-28-22)11-10-18-5-3-8-21(14-18)29-16-19-6-2-7-20(24)13-19/h2-9,12-14,17H,10-11,15-16H2,1H3,(H2,25,27). The molecule has 1 unspecified atom stereocenters. The Kier molecular flexibility index (Phi) is 7.33. The molecule has 29 heavy (non-hydrogen) atoms. The summed E-state index contributed by atoms with van der Waals surface area (Å²) in [6.07, 6.45) is 2.38. The predicted molar refractivity (Wildman–Crippen MR) is 114 cm³/mol. The monoisotopic (exact) mass is 412 g/mol. The van der Waals surface area contributed by atoms with Gasteiger partial charge in [-0.3, -0.25) is 9.69 Å². The van der Waals surface area contributed by atoms with Crippen molar-refractivity contribution in [1.29, 1.82) is 0 Å². The van der Waals surface area contributed by atoms with Gasteiger partial charge in [-0.1, -0.05) is 35.9 Å². The molecule has 6 heteroatoms. The molecule has 0 saturated heterocycles. The molecular formula is C23H25ClN2O3. The molecule has 1 heterocycles. The van der Waals surface area contributed by atoms with Crippen molar-refractivity contribution < 1.29 is 13.9 Å². The van der Waals surface area contributed by atoms with Crippen LogP contribution in [0.25, 0.3) is 0 Å². The van der Waals surface area contributed by atoms with Crippen molar-refractivity contribution in [3.8, 4) is 5.75 Å². The number of nitrogens with zero attached hydrogens (tertiary/aromatic N) is 1. The summed E-state index contributed by atoms with van der Waals surface area (Å²) in [6, 6.07) is 18.9. The third-order valence-electron chi connectivity index (χ3n) is 4.78. The molecule has 1 atom stereocenters. The zero-order chi connectivity index (χ0) is 20.6. The van der Waals surface area contributed by atoms with Crippen molar-refractivity contribution >= 4 is 17.5 Å². The van der Waals surface area contributed by atoms with Crippen LogP contribution in [0.5, 0.6) is 5.75 Å². The van der Waals surface area contributed by atoms with Crippen LogP contribution < -0.4 is 10.5 Å². The van der Waals surface area contributed by atoms with Crippen molar-refractivity contribution in [2.24, 2.45) is 5.73 Å². The van der Waals surface area contributed by atoms with Gasteiger partial charge in [0.25, 0.3) is 0 Å². The lowest BCUT2D eigenvalue weighted by molar-refractivity contribution is -0.122. The molecule has 152 valence electrons. The molecule has 3 aromatic rings. The van der Waals surface area contributed by atoms with Crippen LogP contribution >= 0.6 is 11.6 Å². The maximum atomic E-state index is 11.7. The summed E-state index contributed by atoms with van der Waals surface area (Å²) in [5, 5.41) is 0.695. The average molecular weight is 413 g/mol. The minimum atomic E-state index is -0.387. The third kappa shape index (κ3) is 6.38. The fraction of sp³-hybridized carbons (Fsp3) is 0.261. The van der Waals surface area contributed by atoms with Crippen LogP contribution in [0.2, 0.25) is 5.02 Å². The number of halogens is 1. The number of hydrogen-bond donors (Lipinski definition) is 1. The number of carbonyl (C=O) groups is 1. The SMILES string of the molecule is CC(C(N)=O)N(CCc1cccc(OCc2cccc(Cl)c2)c1)Cc1ccco1. The van der Waals surface area contributed by atoms with Gasteiger partial charge in [0.2, 0.25) is 5.91 Å². The number of carbonyl (C=O) groups excluding carboxylic acids is 1. The van der Waals surface area contributed by atoms with E-state index in [1.807, 2.05) is 72.5 Å². The first-order valence-corrected chi connectivity index (χ1v) is 9.91. The normalized spacial score (nSPS) is 12.1. The van der Waals surface area contributed by atoms with Crippen LogP contribution in [0.1, 0.15) is 23.8 Å². The topological polar surface area (TPSA) is 68.7 Å². The number of ether oxygens (including phenoxy) is 1. The van der Waals surface area contributed by atoms with Crippen LogP contribution in [-0.4, -0.2) is 23.4 Å². The Balaban J connectivity index is 1.60. The Morgan fingerprint density at radius 1 is 1.14 bits per heavy atom. The zero-order valence-electron chi connectivity index (χ0n) is 16.4. The van der Waals surface area contributed by atoms with Gasteiger partial charge in [-0.05, 0) is 60.9 Å². The van der Waals surface area contributed by atoms with Gasteiger partial charge in [0.15, 0.2) is 0 Å². The Hall–Kier alpha value is -2.76. The van der Waals surface area contributed by atoms with Crippen LogP contribution in [0, 0.1) is 0 Å². The smallest absolute Gasteiger partial charge is 0.234 e. The highest BCUT2D eigenvalue weighted by atomic mass is 35.5. The molecular weight excluding hydrogens is 388 g/mol. The van der Waals surface area contributed by atoms with E-state index in [0.717, 1.165) is 29.1 Å². The maximum absolute atomic E-state index is 11.7. The molecule has 1 aromatic heterocycles. The summed E-state index contributed by atoms with van der Waals surface area (Å²) < 4.78 is 11.3. The lowest BCUT2D eigenvalue weighted by Gasteiger charge is -2.26. The van der Waals surface area contributed by atoms with Gasteiger partial charge >= 0.3 is 0 Å². The Bertz CT molecular complexity index is 927.